The van der Waals surface area contributed by atoms with Crippen LogP contribution in [0.3, 0.4) is 0 Å². The molecule has 0 fully saturated rings. The summed E-state index contributed by atoms with van der Waals surface area (Å²) in [6.07, 6.45) is 11.4. The van der Waals surface area contributed by atoms with Gasteiger partial charge in [0.1, 0.15) is 5.82 Å². The Bertz CT molecular complexity index is 420. The minimum Gasteiger partial charge on any atom is -0.385 e. The lowest BCUT2D eigenvalue weighted by Gasteiger charge is -2.10. The smallest absolute Gasteiger partial charge is 0.105 e. The number of allylic oxidation sites excluding steroid dienone is 7. The van der Waals surface area contributed by atoms with Crippen LogP contribution in [0.2, 0.25) is 0 Å². The maximum atomic E-state index is 5.84. The molecule has 0 radical (unpaired) electrons. The predicted molar refractivity (Wildman–Crippen MR) is 69.9 cm³/mol. The molecule has 0 spiro atoms. The molecule has 0 aliphatic heterocycles. The summed E-state index contributed by atoms with van der Waals surface area (Å²) in [6, 6.07) is 0. The fourth-order valence-electron chi connectivity index (χ4n) is 1.32. The fraction of sp³-hybridized carbons (Fsp3) is 0.154. The molecule has 84 valence electrons. The zero-order valence-electron chi connectivity index (χ0n) is 9.70. The Labute approximate surface area is 96.4 Å². The van der Waals surface area contributed by atoms with Crippen LogP contribution in [-0.4, -0.2) is 12.8 Å². The van der Waals surface area contributed by atoms with Crippen molar-refractivity contribution < 1.29 is 0 Å². The van der Waals surface area contributed by atoms with Gasteiger partial charge in [0.2, 0.25) is 0 Å². The molecule has 0 saturated heterocycles. The van der Waals surface area contributed by atoms with Crippen molar-refractivity contribution in [2.45, 2.75) is 6.92 Å². The van der Waals surface area contributed by atoms with Gasteiger partial charge in [-0.2, -0.15) is 0 Å². The molecule has 0 heterocycles. The Morgan fingerprint density at radius 2 is 2.12 bits per heavy atom. The van der Waals surface area contributed by atoms with Crippen LogP contribution < -0.4 is 11.1 Å². The third kappa shape index (κ3) is 2.98. The van der Waals surface area contributed by atoms with Gasteiger partial charge in [-0.1, -0.05) is 24.8 Å². The number of rotatable bonds is 3. The summed E-state index contributed by atoms with van der Waals surface area (Å²) in [5.41, 5.74) is 8.25. The van der Waals surface area contributed by atoms with Crippen molar-refractivity contribution >= 4 is 5.71 Å². The van der Waals surface area contributed by atoms with Crippen LogP contribution in [0.5, 0.6) is 0 Å². The van der Waals surface area contributed by atoms with Gasteiger partial charge in [-0.25, -0.2) is 4.99 Å². The highest BCUT2D eigenvalue weighted by atomic mass is 15.0. The average molecular weight is 215 g/mol. The van der Waals surface area contributed by atoms with Crippen LogP contribution in [-0.2, 0) is 0 Å². The SMILES string of the molecule is C=C(/C=C/C)/N=C1/C=CC=C/C1=C(/N)NC. The topological polar surface area (TPSA) is 50.4 Å². The number of nitrogens with one attached hydrogen (secondary N) is 1. The average Bonchev–Trinajstić information content (AvgIpc) is 2.29. The zero-order valence-corrected chi connectivity index (χ0v) is 9.70. The molecule has 0 aromatic carbocycles. The summed E-state index contributed by atoms with van der Waals surface area (Å²) < 4.78 is 0. The Morgan fingerprint density at radius 3 is 2.75 bits per heavy atom. The monoisotopic (exact) mass is 215 g/mol. The second kappa shape index (κ2) is 5.75. The molecule has 0 aromatic rings. The maximum absolute atomic E-state index is 5.84. The summed E-state index contributed by atoms with van der Waals surface area (Å²) in [5.74, 6) is 0.604. The quantitative estimate of drug-likeness (QED) is 0.708. The predicted octanol–water partition coefficient (Wildman–Crippen LogP) is 2.03. The van der Waals surface area contributed by atoms with Gasteiger partial charge in [0.25, 0.3) is 0 Å². The van der Waals surface area contributed by atoms with Crippen molar-refractivity contribution in [3.63, 3.8) is 0 Å². The van der Waals surface area contributed by atoms with Crippen LogP contribution >= 0.6 is 0 Å². The molecule has 0 unspecified atom stereocenters. The third-order valence-electron chi connectivity index (χ3n) is 2.09. The number of hydrogen-bond acceptors (Lipinski definition) is 3. The van der Waals surface area contributed by atoms with E-state index in [-0.39, 0.29) is 0 Å². The first-order chi connectivity index (χ1) is 7.69. The van der Waals surface area contributed by atoms with Crippen LogP contribution in [0.4, 0.5) is 0 Å². The molecule has 0 atom stereocenters. The van der Waals surface area contributed by atoms with Crippen molar-refractivity contribution in [2.24, 2.45) is 10.7 Å². The number of nitrogens with zero attached hydrogens (tertiary/aromatic N) is 1. The van der Waals surface area contributed by atoms with E-state index in [2.05, 4.69) is 16.9 Å². The second-order valence-electron chi connectivity index (χ2n) is 3.28. The van der Waals surface area contributed by atoms with Gasteiger partial charge in [0.15, 0.2) is 0 Å². The molecule has 3 N–H and O–H groups in total. The number of nitrogens with two attached hydrogens (primary N) is 1. The van der Waals surface area contributed by atoms with E-state index in [1.807, 2.05) is 43.4 Å². The Kier molecular flexibility index (Phi) is 4.33. The summed E-state index contributed by atoms with van der Waals surface area (Å²) in [4.78, 5) is 4.40. The molecule has 1 rings (SSSR count). The highest BCUT2D eigenvalue weighted by Crippen LogP contribution is 2.12. The summed E-state index contributed by atoms with van der Waals surface area (Å²) >= 11 is 0. The largest absolute Gasteiger partial charge is 0.385 e. The maximum Gasteiger partial charge on any atom is 0.105 e. The zero-order chi connectivity index (χ0) is 12.0. The lowest BCUT2D eigenvalue weighted by atomic mass is 10.1. The first-order valence-corrected chi connectivity index (χ1v) is 5.12. The van der Waals surface area contributed by atoms with Gasteiger partial charge >= 0.3 is 0 Å². The first kappa shape index (κ1) is 12.0. The van der Waals surface area contributed by atoms with Crippen LogP contribution in [0.25, 0.3) is 0 Å². The Morgan fingerprint density at radius 1 is 1.44 bits per heavy atom. The summed E-state index contributed by atoms with van der Waals surface area (Å²) in [6.45, 7) is 5.77. The molecule has 0 bridgehead atoms. The van der Waals surface area contributed by atoms with Gasteiger partial charge in [-0.3, -0.25) is 0 Å². The summed E-state index contributed by atoms with van der Waals surface area (Å²) in [5, 5.41) is 2.91. The Hall–Kier alpha value is -2.03. The molecule has 3 heteroatoms. The van der Waals surface area contributed by atoms with Crippen molar-refractivity contribution in [3.8, 4) is 0 Å². The fourth-order valence-corrected chi connectivity index (χ4v) is 1.32. The Balaban J connectivity index is 3.07. The summed E-state index contributed by atoms with van der Waals surface area (Å²) in [7, 11) is 1.78. The highest BCUT2D eigenvalue weighted by molar-refractivity contribution is 6.12. The van der Waals surface area contributed by atoms with Gasteiger partial charge in [-0.15, -0.1) is 0 Å². The van der Waals surface area contributed by atoms with E-state index in [4.69, 9.17) is 5.73 Å². The van der Waals surface area contributed by atoms with Crippen molar-refractivity contribution in [3.05, 3.63) is 60.1 Å². The molecule has 3 nitrogen and oxygen atoms in total. The number of hydrogen-bond donors (Lipinski definition) is 2. The van der Waals surface area contributed by atoms with Crippen LogP contribution in [0.1, 0.15) is 6.92 Å². The molecule has 1 aliphatic carbocycles. The van der Waals surface area contributed by atoms with E-state index in [1.54, 1.807) is 7.05 Å². The van der Waals surface area contributed by atoms with E-state index < -0.39 is 0 Å². The highest BCUT2D eigenvalue weighted by Gasteiger charge is 2.07. The van der Waals surface area contributed by atoms with Crippen molar-refractivity contribution in [1.82, 2.24) is 5.32 Å². The minimum atomic E-state index is 0.604. The molecule has 16 heavy (non-hydrogen) atoms. The van der Waals surface area contributed by atoms with Crippen LogP contribution in [0.15, 0.2) is 65.1 Å². The lowest BCUT2D eigenvalue weighted by Crippen LogP contribution is -2.20. The van der Waals surface area contributed by atoms with Crippen molar-refractivity contribution in [1.29, 1.82) is 0 Å². The molecule has 0 saturated carbocycles. The van der Waals surface area contributed by atoms with E-state index >= 15 is 0 Å². The molecule has 1 aliphatic rings. The first-order valence-electron chi connectivity index (χ1n) is 5.12. The van der Waals surface area contributed by atoms with Gasteiger partial charge in [0.05, 0.1) is 11.4 Å². The van der Waals surface area contributed by atoms with Crippen LogP contribution in [0, 0.1) is 0 Å². The van der Waals surface area contributed by atoms with Crippen molar-refractivity contribution in [2.75, 3.05) is 7.05 Å². The molecular weight excluding hydrogens is 198 g/mol. The molecule has 0 amide bonds. The number of aliphatic imine (C=N–C) groups is 1. The van der Waals surface area contributed by atoms with Gasteiger partial charge < -0.3 is 11.1 Å². The molecule has 0 aromatic heterocycles. The van der Waals surface area contributed by atoms with E-state index in [1.165, 1.54) is 0 Å². The standard InChI is InChI=1S/C13H17N3/c1-4-7-10(2)16-12-9-6-5-8-11(12)13(14)15-3/h4-9,15H,2,14H2,1,3H3/b7-4+,13-11+,16-12-. The van der Waals surface area contributed by atoms with E-state index in [0.29, 0.717) is 11.5 Å². The van der Waals surface area contributed by atoms with E-state index in [0.717, 1.165) is 11.3 Å². The normalized spacial score (nSPS) is 20.5. The van der Waals surface area contributed by atoms with E-state index in [9.17, 15) is 0 Å². The lowest BCUT2D eigenvalue weighted by molar-refractivity contribution is 0.956. The minimum absolute atomic E-state index is 0.604. The molecular formula is C13H17N3. The third-order valence-corrected chi connectivity index (χ3v) is 2.09. The van der Waals surface area contributed by atoms with Gasteiger partial charge in [-0.05, 0) is 25.2 Å². The van der Waals surface area contributed by atoms with Gasteiger partial charge in [0, 0.05) is 12.6 Å². The second-order valence-corrected chi connectivity index (χ2v) is 3.28.